The van der Waals surface area contributed by atoms with Crippen molar-refractivity contribution < 1.29 is 14.4 Å². The minimum Gasteiger partial charge on any atom is -0.489 e. The van der Waals surface area contributed by atoms with Crippen molar-refractivity contribution in [2.45, 2.75) is 6.61 Å². The van der Waals surface area contributed by atoms with Gasteiger partial charge in [0.25, 0.3) is 0 Å². The molecule has 0 saturated heterocycles. The highest BCUT2D eigenvalue weighted by atomic mass is 16.5. The van der Waals surface area contributed by atoms with Crippen LogP contribution in [0.3, 0.4) is 0 Å². The molecule has 0 saturated carbocycles. The molecule has 0 bridgehead atoms. The van der Waals surface area contributed by atoms with Gasteiger partial charge in [-0.15, -0.1) is 0 Å². The number of hydrogen-bond acceptors (Lipinski definition) is 5. The number of rotatable bonds is 4. The lowest BCUT2D eigenvalue weighted by Gasteiger charge is -2.07. The van der Waals surface area contributed by atoms with Crippen LogP contribution in [-0.2, 0) is 6.61 Å². The van der Waals surface area contributed by atoms with Crippen LogP contribution in [0, 0.1) is 0 Å². The van der Waals surface area contributed by atoms with Gasteiger partial charge in [0.1, 0.15) is 17.9 Å². The maximum absolute atomic E-state index is 11.5. The molecule has 0 atom stereocenters. The van der Waals surface area contributed by atoms with Gasteiger partial charge in [0, 0.05) is 23.1 Å². The first-order valence-electron chi connectivity index (χ1n) is 6.68. The maximum atomic E-state index is 11.5. The van der Waals surface area contributed by atoms with Gasteiger partial charge >= 0.3 is 5.63 Å². The molecule has 0 spiro atoms. The van der Waals surface area contributed by atoms with E-state index in [9.17, 15) is 4.79 Å². The van der Waals surface area contributed by atoms with Gasteiger partial charge in [-0.1, -0.05) is 35.5 Å². The zero-order chi connectivity index (χ0) is 15.4. The highest BCUT2D eigenvalue weighted by Crippen LogP contribution is 2.22. The molecule has 1 aromatic heterocycles. The van der Waals surface area contributed by atoms with Crippen LogP contribution in [0.4, 0.5) is 0 Å². The van der Waals surface area contributed by atoms with Crippen LogP contribution >= 0.6 is 0 Å². The van der Waals surface area contributed by atoms with E-state index < -0.39 is 5.63 Å². The van der Waals surface area contributed by atoms with Crippen LogP contribution in [0.2, 0.25) is 0 Å². The van der Waals surface area contributed by atoms with Gasteiger partial charge in [-0.25, -0.2) is 4.79 Å². The number of hydrogen-bond donors (Lipinski definition) is 1. The molecule has 2 aromatic carbocycles. The van der Waals surface area contributed by atoms with Gasteiger partial charge in [-0.05, 0) is 17.7 Å². The van der Waals surface area contributed by atoms with E-state index in [4.69, 9.17) is 14.4 Å². The van der Waals surface area contributed by atoms with Crippen molar-refractivity contribution in [2.24, 2.45) is 5.16 Å². The largest absolute Gasteiger partial charge is 0.489 e. The molecule has 0 unspecified atom stereocenters. The molecule has 3 rings (SSSR count). The molecule has 5 nitrogen and oxygen atoms in total. The lowest BCUT2D eigenvalue weighted by atomic mass is 10.1. The van der Waals surface area contributed by atoms with Crippen molar-refractivity contribution in [3.8, 4) is 5.75 Å². The Morgan fingerprint density at radius 2 is 1.95 bits per heavy atom. The minimum atomic E-state index is -0.511. The average molecular weight is 295 g/mol. The molecular formula is C17H13NO4. The Bertz CT molecular complexity index is 869. The van der Waals surface area contributed by atoms with E-state index in [2.05, 4.69) is 5.16 Å². The van der Waals surface area contributed by atoms with Crippen LogP contribution in [0.15, 0.2) is 69.0 Å². The first-order chi connectivity index (χ1) is 10.8. The van der Waals surface area contributed by atoms with E-state index in [1.165, 1.54) is 12.3 Å². The number of fused-ring (bicyclic) bond motifs is 1. The predicted molar refractivity (Wildman–Crippen MR) is 82.6 cm³/mol. The number of ether oxygens (including phenoxy) is 1. The highest BCUT2D eigenvalue weighted by Gasteiger charge is 2.06. The van der Waals surface area contributed by atoms with E-state index in [1.807, 2.05) is 30.3 Å². The summed E-state index contributed by atoms with van der Waals surface area (Å²) in [5.41, 5.74) is 1.41. The van der Waals surface area contributed by atoms with Crippen molar-refractivity contribution in [1.82, 2.24) is 0 Å². The van der Waals surface area contributed by atoms with Crippen molar-refractivity contribution >= 4 is 17.2 Å². The second kappa shape index (κ2) is 6.13. The second-order valence-corrected chi connectivity index (χ2v) is 4.70. The van der Waals surface area contributed by atoms with Gasteiger partial charge in [0.05, 0.1) is 6.21 Å². The Kier molecular flexibility index (Phi) is 3.87. The number of oxime groups is 1. The number of benzene rings is 2. The van der Waals surface area contributed by atoms with Crippen LogP contribution in [-0.4, -0.2) is 11.4 Å². The quantitative estimate of drug-likeness (QED) is 0.347. The van der Waals surface area contributed by atoms with Crippen molar-refractivity contribution in [2.75, 3.05) is 0 Å². The van der Waals surface area contributed by atoms with Crippen molar-refractivity contribution in [3.05, 3.63) is 76.1 Å². The predicted octanol–water partition coefficient (Wildman–Crippen LogP) is 3.18. The summed E-state index contributed by atoms with van der Waals surface area (Å²) in [6, 6.07) is 16.2. The Labute approximate surface area is 126 Å². The first kappa shape index (κ1) is 13.9. The lowest BCUT2D eigenvalue weighted by Crippen LogP contribution is -2.01. The normalized spacial score (nSPS) is 11.1. The fraction of sp³-hybridized carbons (Fsp3) is 0.0588. The van der Waals surface area contributed by atoms with E-state index in [1.54, 1.807) is 18.2 Å². The Balaban J connectivity index is 1.91. The SMILES string of the molecule is O=c1cc(/C=N\O)c2ccc(OCc3ccccc3)cc2o1. The lowest BCUT2D eigenvalue weighted by molar-refractivity contribution is 0.306. The molecule has 0 aliphatic heterocycles. The molecule has 0 aliphatic rings. The van der Waals surface area contributed by atoms with E-state index in [0.29, 0.717) is 28.9 Å². The van der Waals surface area contributed by atoms with Crippen LogP contribution in [0.1, 0.15) is 11.1 Å². The summed E-state index contributed by atoms with van der Waals surface area (Å²) in [7, 11) is 0. The average Bonchev–Trinajstić information content (AvgIpc) is 2.54. The third kappa shape index (κ3) is 2.98. The third-order valence-corrected chi connectivity index (χ3v) is 3.19. The Morgan fingerprint density at radius 3 is 2.73 bits per heavy atom. The van der Waals surface area contributed by atoms with Gasteiger partial charge in [0.2, 0.25) is 0 Å². The summed E-state index contributed by atoms with van der Waals surface area (Å²) >= 11 is 0. The van der Waals surface area contributed by atoms with Crippen LogP contribution in [0.25, 0.3) is 11.0 Å². The molecule has 1 heterocycles. The van der Waals surface area contributed by atoms with Crippen LogP contribution in [0.5, 0.6) is 5.75 Å². The molecule has 0 radical (unpaired) electrons. The van der Waals surface area contributed by atoms with Gasteiger partial charge in [-0.3, -0.25) is 0 Å². The molecule has 5 heteroatoms. The Morgan fingerprint density at radius 1 is 1.14 bits per heavy atom. The zero-order valence-corrected chi connectivity index (χ0v) is 11.6. The molecule has 0 aliphatic carbocycles. The zero-order valence-electron chi connectivity index (χ0n) is 11.6. The molecule has 110 valence electrons. The third-order valence-electron chi connectivity index (χ3n) is 3.19. The smallest absolute Gasteiger partial charge is 0.336 e. The first-order valence-corrected chi connectivity index (χ1v) is 6.68. The van der Waals surface area contributed by atoms with Crippen molar-refractivity contribution in [3.63, 3.8) is 0 Å². The molecule has 3 aromatic rings. The molecule has 1 N–H and O–H groups in total. The monoisotopic (exact) mass is 295 g/mol. The summed E-state index contributed by atoms with van der Waals surface area (Å²) in [6.45, 7) is 0.425. The minimum absolute atomic E-state index is 0.382. The van der Waals surface area contributed by atoms with E-state index in [-0.39, 0.29) is 0 Å². The maximum Gasteiger partial charge on any atom is 0.336 e. The molecular weight excluding hydrogens is 282 g/mol. The standard InChI is InChI=1S/C17H13NO4/c19-17-8-13(10-18-20)15-7-6-14(9-16(15)22-17)21-11-12-4-2-1-3-5-12/h1-10,20H,11H2/b18-10-. The van der Waals surface area contributed by atoms with Gasteiger partial charge in [0.15, 0.2) is 0 Å². The topological polar surface area (TPSA) is 72.0 Å². The second-order valence-electron chi connectivity index (χ2n) is 4.70. The summed E-state index contributed by atoms with van der Waals surface area (Å²) in [5, 5.41) is 12.3. The molecule has 0 fully saturated rings. The van der Waals surface area contributed by atoms with Crippen molar-refractivity contribution in [1.29, 1.82) is 0 Å². The molecule has 22 heavy (non-hydrogen) atoms. The van der Waals surface area contributed by atoms with Crippen LogP contribution < -0.4 is 10.4 Å². The fourth-order valence-corrected chi connectivity index (χ4v) is 2.17. The summed E-state index contributed by atoms with van der Waals surface area (Å²) < 4.78 is 10.9. The van der Waals surface area contributed by atoms with E-state index in [0.717, 1.165) is 5.56 Å². The highest BCUT2D eigenvalue weighted by molar-refractivity contribution is 5.97. The van der Waals surface area contributed by atoms with Gasteiger partial charge < -0.3 is 14.4 Å². The molecule has 0 amide bonds. The summed E-state index contributed by atoms with van der Waals surface area (Å²) in [6.07, 6.45) is 1.20. The summed E-state index contributed by atoms with van der Waals surface area (Å²) in [4.78, 5) is 11.5. The number of nitrogens with zero attached hydrogens (tertiary/aromatic N) is 1. The van der Waals surface area contributed by atoms with Gasteiger partial charge in [-0.2, -0.15) is 0 Å². The van der Waals surface area contributed by atoms with E-state index >= 15 is 0 Å². The summed E-state index contributed by atoms with van der Waals surface area (Å²) in [5.74, 6) is 0.595. The fourth-order valence-electron chi connectivity index (χ4n) is 2.17. The Hall–Kier alpha value is -3.08.